The summed E-state index contributed by atoms with van der Waals surface area (Å²) in [4.78, 5) is 19.6. The summed E-state index contributed by atoms with van der Waals surface area (Å²) in [6.07, 6.45) is 3.59. The zero-order valence-electron chi connectivity index (χ0n) is 16.8. The first-order valence-corrected chi connectivity index (χ1v) is 9.88. The van der Waals surface area contributed by atoms with Crippen LogP contribution in [0.1, 0.15) is 40.0 Å². The van der Waals surface area contributed by atoms with Crippen LogP contribution < -0.4 is 5.32 Å². The summed E-state index contributed by atoms with van der Waals surface area (Å²) in [6, 6.07) is 10.8. The van der Waals surface area contributed by atoms with Crippen molar-refractivity contribution in [3.8, 4) is 0 Å². The molecule has 0 spiro atoms. The van der Waals surface area contributed by atoms with Gasteiger partial charge in [0.15, 0.2) is 5.65 Å². The summed E-state index contributed by atoms with van der Waals surface area (Å²) in [6.45, 7) is 7.04. The Morgan fingerprint density at radius 1 is 1.21 bits per heavy atom. The lowest BCUT2D eigenvalue weighted by Gasteiger charge is -2.32. The van der Waals surface area contributed by atoms with Crippen molar-refractivity contribution in [1.29, 1.82) is 0 Å². The van der Waals surface area contributed by atoms with Gasteiger partial charge in [-0.25, -0.2) is 4.98 Å². The molecule has 4 rings (SSSR count). The number of nitrogens with zero attached hydrogens (tertiary/aromatic N) is 4. The smallest absolute Gasteiger partial charge is 0.253 e. The number of carbonyl (C=O) groups excluding carboxylic acids is 1. The van der Waals surface area contributed by atoms with E-state index in [0.29, 0.717) is 5.56 Å². The minimum absolute atomic E-state index is 0.0465. The third-order valence-electron chi connectivity index (χ3n) is 5.54. The number of aryl methyl sites for hydroxylation is 3. The number of rotatable bonds is 4. The number of aromatic nitrogens is 3. The van der Waals surface area contributed by atoms with Gasteiger partial charge in [0.2, 0.25) is 0 Å². The Morgan fingerprint density at radius 2 is 2.00 bits per heavy atom. The Labute approximate surface area is 165 Å². The van der Waals surface area contributed by atoms with Crippen molar-refractivity contribution in [3.05, 3.63) is 58.9 Å². The van der Waals surface area contributed by atoms with Crippen LogP contribution in [0.2, 0.25) is 0 Å². The van der Waals surface area contributed by atoms with Gasteiger partial charge in [0.05, 0.1) is 11.3 Å². The van der Waals surface area contributed by atoms with E-state index < -0.39 is 0 Å². The van der Waals surface area contributed by atoms with Crippen LogP contribution in [0.4, 0.5) is 0 Å². The monoisotopic (exact) mass is 377 g/mol. The Morgan fingerprint density at radius 3 is 2.75 bits per heavy atom. The topological polar surface area (TPSA) is 63.1 Å². The fourth-order valence-corrected chi connectivity index (χ4v) is 4.00. The number of piperidine rings is 1. The van der Waals surface area contributed by atoms with Gasteiger partial charge < -0.3 is 5.32 Å². The number of carbonyl (C=O) groups is 1. The summed E-state index contributed by atoms with van der Waals surface area (Å²) < 4.78 is 1.75. The molecule has 1 aromatic carbocycles. The van der Waals surface area contributed by atoms with Crippen molar-refractivity contribution in [1.82, 2.24) is 25.0 Å². The lowest BCUT2D eigenvalue weighted by molar-refractivity contribution is 0.0908. The molecule has 1 amide bonds. The molecule has 6 heteroatoms. The first kappa shape index (κ1) is 18.6. The van der Waals surface area contributed by atoms with Gasteiger partial charge in [0.1, 0.15) is 0 Å². The normalized spacial score (nSPS) is 15.8. The molecule has 146 valence electrons. The second-order valence-electron chi connectivity index (χ2n) is 7.82. The zero-order chi connectivity index (χ0) is 19.7. The van der Waals surface area contributed by atoms with Crippen molar-refractivity contribution in [2.45, 2.75) is 39.3 Å². The molecule has 1 aliphatic rings. The van der Waals surface area contributed by atoms with Crippen LogP contribution in [0.15, 0.2) is 36.5 Å². The Hall–Kier alpha value is -2.73. The number of hydrogen-bond donors (Lipinski definition) is 1. The Kier molecular flexibility index (Phi) is 5.13. The summed E-state index contributed by atoms with van der Waals surface area (Å²) in [5.41, 5.74) is 4.95. The van der Waals surface area contributed by atoms with Gasteiger partial charge in [-0.2, -0.15) is 5.10 Å². The van der Waals surface area contributed by atoms with Crippen LogP contribution >= 0.6 is 0 Å². The molecule has 0 bridgehead atoms. The molecular weight excluding hydrogens is 350 g/mol. The van der Waals surface area contributed by atoms with Crippen molar-refractivity contribution in [2.75, 3.05) is 13.1 Å². The SMILES string of the molecule is Cc1cccc(CN2CCC(NC(=O)c3cnc4c(c3)c(C)nn4C)CC2)c1. The minimum Gasteiger partial charge on any atom is -0.349 e. The lowest BCUT2D eigenvalue weighted by Crippen LogP contribution is -2.44. The van der Waals surface area contributed by atoms with Crippen LogP contribution in [-0.2, 0) is 13.6 Å². The van der Waals surface area contributed by atoms with Gasteiger partial charge in [-0.15, -0.1) is 0 Å². The van der Waals surface area contributed by atoms with Gasteiger partial charge in [0, 0.05) is 44.3 Å². The predicted octanol–water partition coefficient (Wildman–Crippen LogP) is 2.98. The molecule has 3 heterocycles. The largest absolute Gasteiger partial charge is 0.349 e. The average molecular weight is 377 g/mol. The number of amides is 1. The highest BCUT2D eigenvalue weighted by molar-refractivity contribution is 5.97. The van der Waals surface area contributed by atoms with Crippen LogP contribution in [0.5, 0.6) is 0 Å². The molecule has 28 heavy (non-hydrogen) atoms. The number of nitrogens with one attached hydrogen (secondary N) is 1. The minimum atomic E-state index is -0.0465. The van der Waals surface area contributed by atoms with Crippen molar-refractivity contribution < 1.29 is 4.79 Å². The molecule has 2 aromatic heterocycles. The second kappa shape index (κ2) is 7.72. The van der Waals surface area contributed by atoms with Gasteiger partial charge in [-0.05, 0) is 38.3 Å². The van der Waals surface area contributed by atoms with E-state index in [1.165, 1.54) is 11.1 Å². The van der Waals surface area contributed by atoms with E-state index in [0.717, 1.165) is 49.2 Å². The quantitative estimate of drug-likeness (QED) is 0.759. The summed E-state index contributed by atoms with van der Waals surface area (Å²) in [7, 11) is 1.87. The number of hydrogen-bond acceptors (Lipinski definition) is 4. The van der Waals surface area contributed by atoms with E-state index >= 15 is 0 Å². The summed E-state index contributed by atoms with van der Waals surface area (Å²) in [5.74, 6) is -0.0465. The number of pyridine rings is 1. The van der Waals surface area contributed by atoms with Crippen molar-refractivity contribution in [3.63, 3.8) is 0 Å². The molecule has 0 saturated carbocycles. The average Bonchev–Trinajstić information content (AvgIpc) is 2.97. The Bertz CT molecular complexity index is 1000. The third-order valence-corrected chi connectivity index (χ3v) is 5.54. The number of fused-ring (bicyclic) bond motifs is 1. The van der Waals surface area contributed by atoms with E-state index in [-0.39, 0.29) is 11.9 Å². The molecule has 0 unspecified atom stereocenters. The van der Waals surface area contributed by atoms with Gasteiger partial charge in [0.25, 0.3) is 5.91 Å². The molecular formula is C22H27N5O. The van der Waals surface area contributed by atoms with Crippen LogP contribution in [0.25, 0.3) is 11.0 Å². The van der Waals surface area contributed by atoms with Crippen LogP contribution in [0, 0.1) is 13.8 Å². The fourth-order valence-electron chi connectivity index (χ4n) is 4.00. The maximum Gasteiger partial charge on any atom is 0.253 e. The van der Waals surface area contributed by atoms with E-state index in [2.05, 4.69) is 51.5 Å². The molecule has 1 saturated heterocycles. The maximum atomic E-state index is 12.7. The first-order chi connectivity index (χ1) is 13.5. The molecule has 0 radical (unpaired) electrons. The van der Waals surface area contributed by atoms with Crippen LogP contribution in [-0.4, -0.2) is 44.7 Å². The molecule has 0 atom stereocenters. The van der Waals surface area contributed by atoms with Crippen molar-refractivity contribution >= 4 is 16.9 Å². The summed E-state index contributed by atoms with van der Waals surface area (Å²) in [5, 5.41) is 8.49. The highest BCUT2D eigenvalue weighted by Gasteiger charge is 2.22. The van der Waals surface area contributed by atoms with E-state index in [1.54, 1.807) is 10.9 Å². The number of likely N-dealkylation sites (tertiary alicyclic amines) is 1. The van der Waals surface area contributed by atoms with Crippen molar-refractivity contribution in [2.24, 2.45) is 7.05 Å². The highest BCUT2D eigenvalue weighted by Crippen LogP contribution is 2.18. The molecule has 1 N–H and O–H groups in total. The van der Waals surface area contributed by atoms with Crippen LogP contribution in [0.3, 0.4) is 0 Å². The summed E-state index contributed by atoms with van der Waals surface area (Å²) >= 11 is 0. The molecule has 6 nitrogen and oxygen atoms in total. The number of benzene rings is 1. The maximum absolute atomic E-state index is 12.7. The van der Waals surface area contributed by atoms with Gasteiger partial charge in [-0.1, -0.05) is 29.8 Å². The highest BCUT2D eigenvalue weighted by atomic mass is 16.1. The second-order valence-corrected chi connectivity index (χ2v) is 7.82. The van der Waals surface area contributed by atoms with Gasteiger partial charge >= 0.3 is 0 Å². The first-order valence-electron chi connectivity index (χ1n) is 9.88. The van der Waals surface area contributed by atoms with E-state index in [9.17, 15) is 4.79 Å². The molecule has 1 fully saturated rings. The Balaban J connectivity index is 1.34. The standard InChI is InChI=1S/C22H27N5O/c1-15-5-4-6-17(11-15)14-27-9-7-19(8-10-27)24-22(28)18-12-20-16(2)25-26(3)21(20)23-13-18/h4-6,11-13,19H,7-10,14H2,1-3H3,(H,24,28). The van der Waals surface area contributed by atoms with Gasteiger partial charge in [-0.3, -0.25) is 14.4 Å². The van der Waals surface area contributed by atoms with E-state index in [4.69, 9.17) is 0 Å². The fraction of sp³-hybridized carbons (Fsp3) is 0.409. The zero-order valence-corrected chi connectivity index (χ0v) is 16.8. The third kappa shape index (κ3) is 3.92. The molecule has 3 aromatic rings. The molecule has 1 aliphatic heterocycles. The predicted molar refractivity (Wildman–Crippen MR) is 110 cm³/mol. The lowest BCUT2D eigenvalue weighted by atomic mass is 10.0. The molecule has 0 aliphatic carbocycles. The van der Waals surface area contributed by atoms with E-state index in [1.807, 2.05) is 20.0 Å².